The molecule has 0 amide bonds. The molecule has 0 fully saturated rings. The van der Waals surface area contributed by atoms with Crippen LogP contribution >= 0.6 is 0 Å². The Bertz CT molecular complexity index is 1200. The number of carbonyl (C=O) groups excluding carboxylic acids is 1. The molecule has 1 atom stereocenters. The van der Waals surface area contributed by atoms with Crippen molar-refractivity contribution in [1.29, 1.82) is 0 Å². The lowest BCUT2D eigenvalue weighted by molar-refractivity contribution is 0.101. The Kier molecular flexibility index (Phi) is 4.31. The molecule has 1 aliphatic rings. The van der Waals surface area contributed by atoms with Crippen LogP contribution < -0.4 is 0 Å². The van der Waals surface area contributed by atoms with Gasteiger partial charge in [-0.1, -0.05) is 48.0 Å². The van der Waals surface area contributed by atoms with Crippen LogP contribution in [-0.2, 0) is 13.0 Å². The number of fused-ring (bicyclic) bond motifs is 3. The van der Waals surface area contributed by atoms with Crippen LogP contribution in [0.2, 0.25) is 0 Å². The van der Waals surface area contributed by atoms with Crippen molar-refractivity contribution in [3.8, 4) is 11.1 Å². The standard InChI is InChI=1S/C26H24N2O/c1-17-8-12-24-22(14-17)26(20-9-11-23(18(2)29)27-15-20)25-13-10-21(16-28(24)25)19-6-4-3-5-7-19/h3-9,11-12,14-15,21H,10,13,16H2,1-2H3. The second-order valence-electron chi connectivity index (χ2n) is 8.09. The van der Waals surface area contributed by atoms with Gasteiger partial charge in [0.15, 0.2) is 5.78 Å². The van der Waals surface area contributed by atoms with E-state index in [0.29, 0.717) is 11.6 Å². The third kappa shape index (κ3) is 3.07. The molecule has 29 heavy (non-hydrogen) atoms. The van der Waals surface area contributed by atoms with E-state index in [2.05, 4.69) is 65.0 Å². The van der Waals surface area contributed by atoms with Crippen molar-refractivity contribution in [2.24, 2.45) is 0 Å². The number of aryl methyl sites for hydroxylation is 1. The van der Waals surface area contributed by atoms with E-state index < -0.39 is 0 Å². The first-order valence-corrected chi connectivity index (χ1v) is 10.3. The fourth-order valence-corrected chi connectivity index (χ4v) is 4.68. The average Bonchev–Trinajstić information content (AvgIpc) is 3.07. The van der Waals surface area contributed by atoms with Gasteiger partial charge in [0, 0.05) is 53.3 Å². The van der Waals surface area contributed by atoms with Gasteiger partial charge in [-0.2, -0.15) is 0 Å². The average molecular weight is 380 g/mol. The minimum Gasteiger partial charge on any atom is -0.343 e. The molecule has 0 N–H and O–H groups in total. The quantitative estimate of drug-likeness (QED) is 0.412. The van der Waals surface area contributed by atoms with Crippen LogP contribution in [0.3, 0.4) is 0 Å². The van der Waals surface area contributed by atoms with E-state index in [1.807, 2.05) is 18.3 Å². The highest BCUT2D eigenvalue weighted by Crippen LogP contribution is 2.41. The molecule has 0 spiro atoms. The van der Waals surface area contributed by atoms with Gasteiger partial charge >= 0.3 is 0 Å². The summed E-state index contributed by atoms with van der Waals surface area (Å²) >= 11 is 0. The molecule has 5 rings (SSSR count). The molecule has 4 aromatic rings. The van der Waals surface area contributed by atoms with Gasteiger partial charge in [-0.3, -0.25) is 9.78 Å². The first kappa shape index (κ1) is 17.9. The lowest BCUT2D eigenvalue weighted by Gasteiger charge is -2.26. The monoisotopic (exact) mass is 380 g/mol. The first-order chi connectivity index (χ1) is 14.1. The number of nitrogens with zero attached hydrogens (tertiary/aromatic N) is 2. The van der Waals surface area contributed by atoms with Crippen LogP contribution in [0.5, 0.6) is 0 Å². The molecule has 2 aromatic carbocycles. The van der Waals surface area contributed by atoms with Crippen molar-refractivity contribution in [1.82, 2.24) is 9.55 Å². The number of ketones is 1. The van der Waals surface area contributed by atoms with E-state index in [4.69, 9.17) is 0 Å². The van der Waals surface area contributed by atoms with Crippen molar-refractivity contribution in [3.63, 3.8) is 0 Å². The molecule has 1 unspecified atom stereocenters. The SMILES string of the molecule is CC(=O)c1ccc(-c2c3n(c4ccc(C)cc24)CC(c2ccccc2)CC3)cn1. The number of hydrogen-bond donors (Lipinski definition) is 0. The largest absolute Gasteiger partial charge is 0.343 e. The highest BCUT2D eigenvalue weighted by molar-refractivity contribution is 5.99. The van der Waals surface area contributed by atoms with Crippen molar-refractivity contribution in [3.05, 3.63) is 89.4 Å². The summed E-state index contributed by atoms with van der Waals surface area (Å²) in [6.45, 7) is 4.70. The number of benzene rings is 2. The Morgan fingerprint density at radius 3 is 2.62 bits per heavy atom. The van der Waals surface area contributed by atoms with Crippen LogP contribution in [-0.4, -0.2) is 15.3 Å². The van der Waals surface area contributed by atoms with E-state index in [-0.39, 0.29) is 5.78 Å². The van der Waals surface area contributed by atoms with Gasteiger partial charge in [-0.15, -0.1) is 0 Å². The molecular formula is C26H24N2O. The third-order valence-electron chi connectivity index (χ3n) is 6.14. The molecule has 3 nitrogen and oxygen atoms in total. The van der Waals surface area contributed by atoms with E-state index in [9.17, 15) is 4.79 Å². The first-order valence-electron chi connectivity index (χ1n) is 10.3. The van der Waals surface area contributed by atoms with Gasteiger partial charge in [0.1, 0.15) is 5.69 Å². The fourth-order valence-electron chi connectivity index (χ4n) is 4.68. The van der Waals surface area contributed by atoms with Crippen LogP contribution in [0, 0.1) is 6.92 Å². The summed E-state index contributed by atoms with van der Waals surface area (Å²) in [5.74, 6) is 0.536. The summed E-state index contributed by atoms with van der Waals surface area (Å²) in [4.78, 5) is 16.1. The molecule has 2 aromatic heterocycles. The van der Waals surface area contributed by atoms with Gasteiger partial charge in [-0.05, 0) is 43.5 Å². The van der Waals surface area contributed by atoms with Crippen molar-refractivity contribution < 1.29 is 4.79 Å². The van der Waals surface area contributed by atoms with Gasteiger partial charge in [-0.25, -0.2) is 0 Å². The number of Topliss-reactive ketones (excluding diaryl/α,β-unsaturated/α-hetero) is 1. The zero-order valence-corrected chi connectivity index (χ0v) is 16.9. The molecule has 3 heteroatoms. The number of pyridine rings is 1. The van der Waals surface area contributed by atoms with E-state index in [1.54, 1.807) is 6.92 Å². The Hall–Kier alpha value is -3.20. The summed E-state index contributed by atoms with van der Waals surface area (Å²) in [5.41, 5.74) is 8.24. The molecule has 0 bridgehead atoms. The lowest BCUT2D eigenvalue weighted by atomic mass is 9.89. The molecule has 1 aliphatic heterocycles. The van der Waals surface area contributed by atoms with Gasteiger partial charge in [0.05, 0.1) is 0 Å². The predicted molar refractivity (Wildman–Crippen MR) is 117 cm³/mol. The van der Waals surface area contributed by atoms with Crippen LogP contribution in [0.15, 0.2) is 66.9 Å². The van der Waals surface area contributed by atoms with Gasteiger partial charge in [0.2, 0.25) is 0 Å². The van der Waals surface area contributed by atoms with Gasteiger partial charge < -0.3 is 4.57 Å². The highest BCUT2D eigenvalue weighted by Gasteiger charge is 2.26. The normalized spacial score (nSPS) is 16.0. The van der Waals surface area contributed by atoms with E-state index in [0.717, 1.165) is 24.9 Å². The van der Waals surface area contributed by atoms with Crippen molar-refractivity contribution in [2.45, 2.75) is 39.2 Å². The molecule has 0 saturated heterocycles. The number of carbonyl (C=O) groups is 1. The Labute approximate surface area is 171 Å². The minimum absolute atomic E-state index is 0.00173. The zero-order chi connectivity index (χ0) is 20.0. The molecule has 3 heterocycles. The smallest absolute Gasteiger partial charge is 0.178 e. The fraction of sp³-hybridized carbons (Fsp3) is 0.231. The zero-order valence-electron chi connectivity index (χ0n) is 16.9. The second-order valence-corrected chi connectivity index (χ2v) is 8.09. The summed E-state index contributed by atoms with van der Waals surface area (Å²) in [6, 6.07) is 21.5. The number of hydrogen-bond acceptors (Lipinski definition) is 2. The maximum absolute atomic E-state index is 11.6. The molecule has 144 valence electrons. The summed E-state index contributed by atoms with van der Waals surface area (Å²) in [6.07, 6.45) is 4.04. The van der Waals surface area contributed by atoms with Gasteiger partial charge in [0.25, 0.3) is 0 Å². The summed E-state index contributed by atoms with van der Waals surface area (Å²) < 4.78 is 2.50. The second kappa shape index (κ2) is 7.00. The van der Waals surface area contributed by atoms with Crippen LogP contribution in [0.1, 0.15) is 46.6 Å². The molecular weight excluding hydrogens is 356 g/mol. The maximum Gasteiger partial charge on any atom is 0.178 e. The molecule has 0 radical (unpaired) electrons. The molecule has 0 aliphatic carbocycles. The Balaban J connectivity index is 1.66. The summed E-state index contributed by atoms with van der Waals surface area (Å²) in [7, 11) is 0. The lowest BCUT2D eigenvalue weighted by Crippen LogP contribution is -2.18. The summed E-state index contributed by atoms with van der Waals surface area (Å²) in [5, 5.41) is 1.28. The van der Waals surface area contributed by atoms with Crippen LogP contribution in [0.25, 0.3) is 22.0 Å². The van der Waals surface area contributed by atoms with Crippen LogP contribution in [0.4, 0.5) is 0 Å². The maximum atomic E-state index is 11.6. The van der Waals surface area contributed by atoms with Crippen molar-refractivity contribution in [2.75, 3.05) is 0 Å². The highest BCUT2D eigenvalue weighted by atomic mass is 16.1. The van der Waals surface area contributed by atoms with Crippen molar-refractivity contribution >= 4 is 16.7 Å². The Morgan fingerprint density at radius 1 is 1.07 bits per heavy atom. The van der Waals surface area contributed by atoms with E-state index >= 15 is 0 Å². The predicted octanol–water partition coefficient (Wildman–Crippen LogP) is 5.94. The third-order valence-corrected chi connectivity index (χ3v) is 6.14. The Morgan fingerprint density at radius 2 is 1.90 bits per heavy atom. The molecule has 0 saturated carbocycles. The van der Waals surface area contributed by atoms with E-state index in [1.165, 1.54) is 33.3 Å². The number of aromatic nitrogens is 2. The topological polar surface area (TPSA) is 34.9 Å². The minimum atomic E-state index is 0.00173. The number of rotatable bonds is 3.